The predicted molar refractivity (Wildman–Crippen MR) is 166 cm³/mol. The van der Waals surface area contributed by atoms with Crippen molar-refractivity contribution in [2.45, 2.75) is 72.0 Å². The van der Waals surface area contributed by atoms with Crippen LogP contribution < -0.4 is 14.8 Å². The SMILES string of the molecule is CCOc1ccc(CCC(=O)N(Cc2ccc(Cl)cc2Cl)[C@@H](Cc2ccccc2)C(=O)N[C@@H](C)CC)cc1OCC. The average molecular weight is 600 g/mol. The molecule has 0 aromatic heterocycles. The molecule has 0 spiro atoms. The van der Waals surface area contributed by atoms with Crippen molar-refractivity contribution < 1.29 is 19.1 Å². The Hall–Kier alpha value is -3.22. The van der Waals surface area contributed by atoms with E-state index in [4.69, 9.17) is 32.7 Å². The molecule has 0 unspecified atom stereocenters. The third kappa shape index (κ3) is 9.68. The smallest absolute Gasteiger partial charge is 0.243 e. The Morgan fingerprint density at radius 3 is 2.24 bits per heavy atom. The quantitative estimate of drug-likeness (QED) is 0.199. The fourth-order valence-electron chi connectivity index (χ4n) is 4.47. The van der Waals surface area contributed by atoms with Gasteiger partial charge in [-0.1, -0.05) is 72.6 Å². The molecule has 1 N–H and O–H groups in total. The van der Waals surface area contributed by atoms with Crippen molar-refractivity contribution in [2.24, 2.45) is 0 Å². The van der Waals surface area contributed by atoms with Gasteiger partial charge >= 0.3 is 0 Å². The molecule has 41 heavy (non-hydrogen) atoms. The maximum atomic E-state index is 14.0. The van der Waals surface area contributed by atoms with E-state index in [-0.39, 0.29) is 30.8 Å². The third-order valence-corrected chi connectivity index (χ3v) is 7.45. The minimum atomic E-state index is -0.732. The van der Waals surface area contributed by atoms with Crippen molar-refractivity contribution in [3.8, 4) is 11.5 Å². The van der Waals surface area contributed by atoms with Crippen LogP contribution in [0, 0.1) is 0 Å². The minimum Gasteiger partial charge on any atom is -0.490 e. The highest BCUT2D eigenvalue weighted by Gasteiger charge is 2.31. The number of benzene rings is 3. The molecule has 0 radical (unpaired) electrons. The maximum absolute atomic E-state index is 14.0. The summed E-state index contributed by atoms with van der Waals surface area (Å²) in [5.74, 6) is 0.983. The molecule has 3 aromatic rings. The largest absolute Gasteiger partial charge is 0.490 e. The zero-order valence-corrected chi connectivity index (χ0v) is 25.8. The molecule has 2 atom stereocenters. The molecule has 2 amide bonds. The molecular formula is C33H40Cl2N2O4. The Morgan fingerprint density at radius 1 is 0.878 bits per heavy atom. The van der Waals surface area contributed by atoms with E-state index < -0.39 is 6.04 Å². The van der Waals surface area contributed by atoms with Crippen molar-refractivity contribution in [1.82, 2.24) is 10.2 Å². The second-order valence-electron chi connectivity index (χ2n) is 9.93. The van der Waals surface area contributed by atoms with Gasteiger partial charge in [0.05, 0.1) is 13.2 Å². The van der Waals surface area contributed by atoms with Gasteiger partial charge in [-0.2, -0.15) is 0 Å². The molecule has 0 aliphatic carbocycles. The molecule has 0 fully saturated rings. The lowest BCUT2D eigenvalue weighted by molar-refractivity contribution is -0.141. The first-order chi connectivity index (χ1) is 19.7. The first-order valence-corrected chi connectivity index (χ1v) is 15.0. The molecule has 220 valence electrons. The lowest BCUT2D eigenvalue weighted by Crippen LogP contribution is -2.52. The summed E-state index contributed by atoms with van der Waals surface area (Å²) in [6, 6.07) is 19.9. The van der Waals surface area contributed by atoms with E-state index in [1.807, 2.05) is 76.2 Å². The number of hydrogen-bond donors (Lipinski definition) is 1. The van der Waals surface area contributed by atoms with Crippen molar-refractivity contribution in [3.63, 3.8) is 0 Å². The number of amides is 2. The van der Waals surface area contributed by atoms with E-state index in [0.717, 1.165) is 23.1 Å². The lowest BCUT2D eigenvalue weighted by atomic mass is 10.0. The minimum absolute atomic E-state index is 0.0299. The molecule has 0 aliphatic heterocycles. The Bertz CT molecular complexity index is 1290. The van der Waals surface area contributed by atoms with Gasteiger partial charge in [-0.25, -0.2) is 0 Å². The van der Waals surface area contributed by atoms with E-state index in [2.05, 4.69) is 5.32 Å². The number of carbonyl (C=O) groups excluding carboxylic acids is 2. The first kappa shape index (κ1) is 32.3. The molecule has 0 heterocycles. The van der Waals surface area contributed by atoms with Gasteiger partial charge in [0.25, 0.3) is 0 Å². The number of halogens is 2. The van der Waals surface area contributed by atoms with E-state index in [1.165, 1.54) is 0 Å². The van der Waals surface area contributed by atoms with E-state index in [9.17, 15) is 9.59 Å². The summed E-state index contributed by atoms with van der Waals surface area (Å²) in [5, 5.41) is 4.05. The van der Waals surface area contributed by atoms with E-state index in [1.54, 1.807) is 23.1 Å². The van der Waals surface area contributed by atoms with Crippen LogP contribution in [-0.4, -0.2) is 42.0 Å². The van der Waals surface area contributed by atoms with Crippen LogP contribution in [-0.2, 0) is 29.0 Å². The molecule has 0 bridgehead atoms. The summed E-state index contributed by atoms with van der Waals surface area (Å²) >= 11 is 12.7. The Labute approximate surface area is 253 Å². The zero-order chi connectivity index (χ0) is 29.8. The number of rotatable bonds is 15. The zero-order valence-electron chi connectivity index (χ0n) is 24.3. The molecule has 0 aliphatic rings. The number of nitrogens with zero attached hydrogens (tertiary/aromatic N) is 1. The van der Waals surface area contributed by atoms with Gasteiger partial charge in [-0.3, -0.25) is 9.59 Å². The molecule has 8 heteroatoms. The van der Waals surface area contributed by atoms with Crippen molar-refractivity contribution in [2.75, 3.05) is 13.2 Å². The number of hydrogen-bond acceptors (Lipinski definition) is 4. The monoisotopic (exact) mass is 598 g/mol. The Kier molecular flexibility index (Phi) is 12.8. The third-order valence-electron chi connectivity index (χ3n) is 6.86. The summed E-state index contributed by atoms with van der Waals surface area (Å²) in [7, 11) is 0. The van der Waals surface area contributed by atoms with Crippen LogP contribution in [0.25, 0.3) is 0 Å². The van der Waals surface area contributed by atoms with Crippen LogP contribution >= 0.6 is 23.2 Å². The summed E-state index contributed by atoms with van der Waals surface area (Å²) in [6.45, 7) is 9.03. The summed E-state index contributed by atoms with van der Waals surface area (Å²) < 4.78 is 11.5. The van der Waals surface area contributed by atoms with Gasteiger partial charge in [0.15, 0.2) is 11.5 Å². The highest BCUT2D eigenvalue weighted by Crippen LogP contribution is 2.30. The van der Waals surface area contributed by atoms with Gasteiger partial charge in [-0.05, 0) is 74.6 Å². The first-order valence-electron chi connectivity index (χ1n) is 14.2. The highest BCUT2D eigenvalue weighted by atomic mass is 35.5. The Balaban J connectivity index is 1.94. The second-order valence-corrected chi connectivity index (χ2v) is 10.8. The number of carbonyl (C=O) groups is 2. The van der Waals surface area contributed by atoms with Gasteiger partial charge in [-0.15, -0.1) is 0 Å². The van der Waals surface area contributed by atoms with Crippen LogP contribution in [0.2, 0.25) is 10.0 Å². The van der Waals surface area contributed by atoms with Crippen LogP contribution in [0.1, 0.15) is 57.2 Å². The van der Waals surface area contributed by atoms with Gasteiger partial charge in [0.1, 0.15) is 6.04 Å². The fourth-order valence-corrected chi connectivity index (χ4v) is 4.94. The van der Waals surface area contributed by atoms with Crippen molar-refractivity contribution >= 4 is 35.0 Å². The lowest BCUT2D eigenvalue weighted by Gasteiger charge is -2.32. The fraction of sp³-hybridized carbons (Fsp3) is 0.394. The summed E-state index contributed by atoms with van der Waals surface area (Å²) in [5.41, 5.74) is 2.63. The molecule has 3 aromatic carbocycles. The Morgan fingerprint density at radius 2 is 1.59 bits per heavy atom. The van der Waals surface area contributed by atoms with Crippen LogP contribution in [0.5, 0.6) is 11.5 Å². The van der Waals surface area contributed by atoms with Gasteiger partial charge in [0, 0.05) is 35.5 Å². The van der Waals surface area contributed by atoms with E-state index in [0.29, 0.717) is 47.6 Å². The number of aryl methyl sites for hydroxylation is 1. The normalized spacial score (nSPS) is 12.3. The topological polar surface area (TPSA) is 67.9 Å². The van der Waals surface area contributed by atoms with Gasteiger partial charge < -0.3 is 19.7 Å². The molecule has 0 saturated heterocycles. The standard InChI is InChI=1S/C33H40Cl2N2O4/c1-5-23(4)36-33(39)29(19-24-11-9-8-10-12-24)37(22-26-15-16-27(34)21-28(26)35)32(38)18-14-25-13-17-30(40-6-2)31(20-25)41-7-3/h8-13,15-17,20-21,23,29H,5-7,14,18-19,22H2,1-4H3,(H,36,39)/t23-,29-/m0/s1. The summed E-state index contributed by atoms with van der Waals surface area (Å²) in [4.78, 5) is 29.3. The second kappa shape index (κ2) is 16.3. The van der Waals surface area contributed by atoms with Crippen molar-refractivity contribution in [3.05, 3.63) is 93.5 Å². The predicted octanol–water partition coefficient (Wildman–Crippen LogP) is 7.28. The van der Waals surface area contributed by atoms with Crippen LogP contribution in [0.4, 0.5) is 0 Å². The van der Waals surface area contributed by atoms with E-state index >= 15 is 0 Å². The molecule has 3 rings (SSSR count). The molecular weight excluding hydrogens is 559 g/mol. The van der Waals surface area contributed by atoms with Gasteiger partial charge in [0.2, 0.25) is 11.8 Å². The highest BCUT2D eigenvalue weighted by molar-refractivity contribution is 6.35. The summed E-state index contributed by atoms with van der Waals surface area (Å²) in [6.07, 6.45) is 1.83. The average Bonchev–Trinajstić information content (AvgIpc) is 2.96. The van der Waals surface area contributed by atoms with Crippen molar-refractivity contribution in [1.29, 1.82) is 0 Å². The van der Waals surface area contributed by atoms with Crippen LogP contribution in [0.3, 0.4) is 0 Å². The molecule has 0 saturated carbocycles. The van der Waals surface area contributed by atoms with Crippen LogP contribution in [0.15, 0.2) is 66.7 Å². The number of nitrogens with one attached hydrogen (secondary N) is 1. The number of ether oxygens (including phenoxy) is 2. The maximum Gasteiger partial charge on any atom is 0.243 e. The molecule has 6 nitrogen and oxygen atoms in total.